The Morgan fingerprint density at radius 1 is 1.15 bits per heavy atom. The van der Waals surface area contributed by atoms with Gasteiger partial charge in [0.2, 0.25) is 5.75 Å². The molecule has 0 bridgehead atoms. The highest BCUT2D eigenvalue weighted by atomic mass is 79.9. The number of nitrogens with zero attached hydrogens (tertiary/aromatic N) is 1. The third-order valence-electron chi connectivity index (χ3n) is 5.80. The highest BCUT2D eigenvalue weighted by Gasteiger charge is 2.38. The van der Waals surface area contributed by atoms with Gasteiger partial charge in [0.1, 0.15) is 12.6 Å². The summed E-state index contributed by atoms with van der Waals surface area (Å²) in [6.07, 6.45) is 1.47. The summed E-state index contributed by atoms with van der Waals surface area (Å²) in [6.45, 7) is 1.08. The van der Waals surface area contributed by atoms with E-state index in [0.29, 0.717) is 36.8 Å². The Balaban J connectivity index is 1.74. The number of carboxylic acid groups (broad SMARTS) is 1. The molecule has 3 aromatic rings. The molecule has 2 atom stereocenters. The standard InChI is InChI=1S/C25H26BrNO5S/c1-30-19-13-17(14-20(31-2)24(19)32-15-16-7-4-3-5-8-16)23(21-10-11-22(26)33-21)27-12-6-9-18(27)25(28)29/h3-5,7-8,10-11,13-14,18,23H,6,9,12,15H2,1-2H3,(H,28,29). The number of carbonyl (C=O) groups is 1. The molecule has 1 aromatic heterocycles. The van der Waals surface area contributed by atoms with Crippen LogP contribution in [0.1, 0.15) is 34.9 Å². The summed E-state index contributed by atoms with van der Waals surface area (Å²) in [4.78, 5) is 15.1. The molecule has 1 aliphatic rings. The molecule has 0 saturated carbocycles. The lowest BCUT2D eigenvalue weighted by molar-refractivity contribution is -0.142. The number of methoxy groups -OCH3 is 2. The molecular weight excluding hydrogens is 506 g/mol. The van der Waals surface area contributed by atoms with Crippen molar-refractivity contribution in [3.05, 3.63) is 74.4 Å². The molecular formula is C25H26BrNO5S. The van der Waals surface area contributed by atoms with E-state index in [-0.39, 0.29) is 6.04 Å². The van der Waals surface area contributed by atoms with Gasteiger partial charge in [0.25, 0.3) is 0 Å². The molecule has 0 amide bonds. The van der Waals surface area contributed by atoms with Gasteiger partial charge in [0.15, 0.2) is 11.5 Å². The number of hydrogen-bond donors (Lipinski definition) is 1. The maximum absolute atomic E-state index is 12.0. The summed E-state index contributed by atoms with van der Waals surface area (Å²) in [5, 5.41) is 9.84. The zero-order chi connectivity index (χ0) is 23.4. The van der Waals surface area contributed by atoms with Crippen LogP contribution in [0, 0.1) is 0 Å². The second-order valence-electron chi connectivity index (χ2n) is 7.81. The third kappa shape index (κ3) is 5.18. The Morgan fingerprint density at radius 2 is 1.85 bits per heavy atom. The van der Waals surface area contributed by atoms with Crippen molar-refractivity contribution in [1.82, 2.24) is 4.90 Å². The van der Waals surface area contributed by atoms with Crippen LogP contribution in [0.15, 0.2) is 58.4 Å². The highest BCUT2D eigenvalue weighted by molar-refractivity contribution is 9.11. The van der Waals surface area contributed by atoms with Gasteiger partial charge in [-0.3, -0.25) is 9.69 Å². The summed E-state index contributed by atoms with van der Waals surface area (Å²) >= 11 is 5.15. The van der Waals surface area contributed by atoms with Crippen LogP contribution in [-0.2, 0) is 11.4 Å². The summed E-state index contributed by atoms with van der Waals surface area (Å²) in [5.41, 5.74) is 1.94. The van der Waals surface area contributed by atoms with Gasteiger partial charge in [-0.05, 0) is 64.2 Å². The Labute approximate surface area is 205 Å². The lowest BCUT2D eigenvalue weighted by Crippen LogP contribution is -2.39. The van der Waals surface area contributed by atoms with Crippen molar-refractivity contribution in [1.29, 1.82) is 0 Å². The van der Waals surface area contributed by atoms with E-state index in [4.69, 9.17) is 14.2 Å². The summed E-state index contributed by atoms with van der Waals surface area (Å²) < 4.78 is 18.5. The molecule has 6 nitrogen and oxygen atoms in total. The molecule has 8 heteroatoms. The molecule has 0 spiro atoms. The summed E-state index contributed by atoms with van der Waals surface area (Å²) in [7, 11) is 3.20. The van der Waals surface area contributed by atoms with Crippen LogP contribution in [0.5, 0.6) is 17.2 Å². The van der Waals surface area contributed by atoms with Crippen LogP contribution >= 0.6 is 27.3 Å². The quantitative estimate of drug-likeness (QED) is 0.379. The molecule has 174 valence electrons. The number of halogens is 1. The fraction of sp³-hybridized carbons (Fsp3) is 0.320. The molecule has 1 saturated heterocycles. The van der Waals surface area contributed by atoms with E-state index in [1.165, 1.54) is 0 Å². The molecule has 0 aliphatic carbocycles. The van der Waals surface area contributed by atoms with Gasteiger partial charge >= 0.3 is 5.97 Å². The van der Waals surface area contributed by atoms with Crippen molar-refractivity contribution in [3.63, 3.8) is 0 Å². The van der Waals surface area contributed by atoms with Crippen LogP contribution in [0.3, 0.4) is 0 Å². The maximum atomic E-state index is 12.0. The Morgan fingerprint density at radius 3 is 2.42 bits per heavy atom. The molecule has 1 aliphatic heterocycles. The monoisotopic (exact) mass is 531 g/mol. The van der Waals surface area contributed by atoms with Crippen molar-refractivity contribution in [2.24, 2.45) is 0 Å². The minimum absolute atomic E-state index is 0.240. The van der Waals surface area contributed by atoms with Crippen LogP contribution in [-0.4, -0.2) is 42.8 Å². The van der Waals surface area contributed by atoms with Gasteiger partial charge in [-0.1, -0.05) is 30.3 Å². The number of rotatable bonds is 9. The van der Waals surface area contributed by atoms with E-state index < -0.39 is 12.0 Å². The first kappa shape index (κ1) is 23.6. The SMILES string of the molecule is COc1cc(C(c2ccc(Br)s2)N2CCCC2C(=O)O)cc(OC)c1OCc1ccccc1. The van der Waals surface area contributed by atoms with E-state index in [0.717, 1.165) is 26.2 Å². The number of carboxylic acids is 1. The normalized spacial score (nSPS) is 17.0. The highest BCUT2D eigenvalue weighted by Crippen LogP contribution is 2.45. The van der Waals surface area contributed by atoms with E-state index >= 15 is 0 Å². The van der Waals surface area contributed by atoms with Crippen LogP contribution in [0.4, 0.5) is 0 Å². The fourth-order valence-electron chi connectivity index (χ4n) is 4.29. The van der Waals surface area contributed by atoms with Crippen molar-refractivity contribution in [2.75, 3.05) is 20.8 Å². The van der Waals surface area contributed by atoms with Crippen molar-refractivity contribution in [3.8, 4) is 17.2 Å². The third-order valence-corrected chi connectivity index (χ3v) is 7.48. The molecule has 0 radical (unpaired) electrons. The average Bonchev–Trinajstić information content (AvgIpc) is 3.48. The number of thiophene rings is 1. The van der Waals surface area contributed by atoms with Crippen LogP contribution in [0.2, 0.25) is 0 Å². The second kappa shape index (κ2) is 10.6. The van der Waals surface area contributed by atoms with Gasteiger partial charge in [0, 0.05) is 11.4 Å². The van der Waals surface area contributed by atoms with Crippen molar-refractivity contribution >= 4 is 33.2 Å². The Kier molecular flexibility index (Phi) is 7.57. The zero-order valence-corrected chi connectivity index (χ0v) is 20.9. The zero-order valence-electron chi connectivity index (χ0n) is 18.5. The number of benzene rings is 2. The fourth-order valence-corrected chi connectivity index (χ4v) is 5.86. The number of likely N-dealkylation sites (tertiary alicyclic amines) is 1. The molecule has 33 heavy (non-hydrogen) atoms. The van der Waals surface area contributed by atoms with Crippen molar-refractivity contribution in [2.45, 2.75) is 31.5 Å². The second-order valence-corrected chi connectivity index (χ2v) is 10.3. The molecule has 4 rings (SSSR count). The number of aliphatic carboxylic acids is 1. The van der Waals surface area contributed by atoms with E-state index in [9.17, 15) is 9.90 Å². The average molecular weight is 532 g/mol. The van der Waals surface area contributed by atoms with E-state index in [1.54, 1.807) is 25.6 Å². The first-order chi connectivity index (χ1) is 16.0. The minimum Gasteiger partial charge on any atom is -0.493 e. The maximum Gasteiger partial charge on any atom is 0.320 e. The van der Waals surface area contributed by atoms with Crippen LogP contribution in [0.25, 0.3) is 0 Å². The summed E-state index contributed by atoms with van der Waals surface area (Å²) in [6, 6.07) is 17.0. The van der Waals surface area contributed by atoms with Gasteiger partial charge in [-0.25, -0.2) is 0 Å². The Hall–Kier alpha value is -2.55. The van der Waals surface area contributed by atoms with Crippen molar-refractivity contribution < 1.29 is 24.1 Å². The minimum atomic E-state index is -0.796. The van der Waals surface area contributed by atoms with Crippen LogP contribution < -0.4 is 14.2 Å². The summed E-state index contributed by atoms with van der Waals surface area (Å²) in [5.74, 6) is 0.823. The lowest BCUT2D eigenvalue weighted by atomic mass is 10.0. The van der Waals surface area contributed by atoms with Gasteiger partial charge < -0.3 is 19.3 Å². The molecule has 1 fully saturated rings. The van der Waals surface area contributed by atoms with Gasteiger partial charge in [0.05, 0.1) is 24.0 Å². The van der Waals surface area contributed by atoms with Gasteiger partial charge in [-0.15, -0.1) is 11.3 Å². The first-order valence-electron chi connectivity index (χ1n) is 10.7. The predicted molar refractivity (Wildman–Crippen MR) is 132 cm³/mol. The molecule has 2 unspecified atom stereocenters. The van der Waals surface area contributed by atoms with Gasteiger partial charge in [-0.2, -0.15) is 0 Å². The Bertz CT molecular complexity index is 1080. The van der Waals surface area contributed by atoms with E-state index in [1.807, 2.05) is 54.6 Å². The molecule has 2 heterocycles. The largest absolute Gasteiger partial charge is 0.493 e. The number of hydrogen-bond acceptors (Lipinski definition) is 6. The predicted octanol–water partition coefficient (Wildman–Crippen LogP) is 5.75. The molecule has 2 aromatic carbocycles. The lowest BCUT2D eigenvalue weighted by Gasteiger charge is -2.31. The molecule has 1 N–H and O–H groups in total. The number of ether oxygens (including phenoxy) is 3. The first-order valence-corrected chi connectivity index (χ1v) is 12.3. The topological polar surface area (TPSA) is 68.2 Å². The smallest absolute Gasteiger partial charge is 0.320 e. The van der Waals surface area contributed by atoms with E-state index in [2.05, 4.69) is 20.8 Å².